The molecule has 178 valence electrons. The van der Waals surface area contributed by atoms with E-state index in [-0.39, 0.29) is 17.9 Å². The van der Waals surface area contributed by atoms with E-state index < -0.39 is 5.92 Å². The predicted octanol–water partition coefficient (Wildman–Crippen LogP) is 5.44. The van der Waals surface area contributed by atoms with Crippen molar-refractivity contribution < 1.29 is 14.3 Å². The van der Waals surface area contributed by atoms with Gasteiger partial charge in [-0.25, -0.2) is 0 Å². The lowest BCUT2D eigenvalue weighted by Gasteiger charge is -2.42. The number of hydrogen-bond acceptors (Lipinski definition) is 4. The summed E-state index contributed by atoms with van der Waals surface area (Å²) >= 11 is 1.60. The van der Waals surface area contributed by atoms with Crippen LogP contribution in [-0.2, 0) is 11.2 Å². The van der Waals surface area contributed by atoms with E-state index in [1.165, 1.54) is 0 Å². The van der Waals surface area contributed by atoms with Crippen molar-refractivity contribution in [3.63, 3.8) is 0 Å². The van der Waals surface area contributed by atoms with Crippen LogP contribution in [0.5, 0.6) is 5.75 Å². The SMILES string of the molecule is CCOc1ccc(CCNC(=O)C2c3ccccc3C(=O)N(CC(C)C)C2c2cccs2)cc1. The first-order valence-corrected chi connectivity index (χ1v) is 12.8. The lowest BCUT2D eigenvalue weighted by atomic mass is 9.81. The number of rotatable bonds is 9. The summed E-state index contributed by atoms with van der Waals surface area (Å²) < 4.78 is 5.51. The fourth-order valence-corrected chi connectivity index (χ4v) is 5.48. The van der Waals surface area contributed by atoms with Crippen LogP contribution in [0.3, 0.4) is 0 Å². The topological polar surface area (TPSA) is 58.6 Å². The third kappa shape index (κ3) is 5.17. The molecule has 3 aromatic rings. The molecule has 5 nitrogen and oxygen atoms in total. The van der Waals surface area contributed by atoms with Crippen molar-refractivity contribution in [2.45, 2.75) is 39.2 Å². The van der Waals surface area contributed by atoms with E-state index in [0.717, 1.165) is 28.2 Å². The molecule has 0 aliphatic carbocycles. The summed E-state index contributed by atoms with van der Waals surface area (Å²) in [6.45, 7) is 7.94. The van der Waals surface area contributed by atoms with Crippen molar-refractivity contribution in [2.75, 3.05) is 19.7 Å². The minimum Gasteiger partial charge on any atom is -0.494 e. The van der Waals surface area contributed by atoms with Crippen LogP contribution in [0.1, 0.15) is 59.1 Å². The van der Waals surface area contributed by atoms with E-state index in [9.17, 15) is 9.59 Å². The molecule has 1 aliphatic heterocycles. The van der Waals surface area contributed by atoms with Gasteiger partial charge in [0.25, 0.3) is 5.91 Å². The lowest BCUT2D eigenvalue weighted by Crippen LogP contribution is -2.48. The zero-order valence-electron chi connectivity index (χ0n) is 20.0. The number of amides is 2. The maximum atomic E-state index is 13.7. The number of hydrogen-bond donors (Lipinski definition) is 1. The maximum absolute atomic E-state index is 13.7. The Morgan fingerprint density at radius 2 is 1.85 bits per heavy atom. The summed E-state index contributed by atoms with van der Waals surface area (Å²) in [5, 5.41) is 5.17. The van der Waals surface area contributed by atoms with Gasteiger partial charge in [-0.3, -0.25) is 9.59 Å². The Balaban J connectivity index is 1.58. The van der Waals surface area contributed by atoms with Gasteiger partial charge in [0.1, 0.15) is 5.75 Å². The highest BCUT2D eigenvalue weighted by molar-refractivity contribution is 7.10. The van der Waals surface area contributed by atoms with E-state index in [0.29, 0.717) is 31.2 Å². The molecule has 2 amide bonds. The van der Waals surface area contributed by atoms with Crippen molar-refractivity contribution in [3.05, 3.63) is 87.6 Å². The molecule has 2 atom stereocenters. The molecular weight excluding hydrogens is 444 g/mol. The Bertz CT molecular complexity index is 1110. The van der Waals surface area contributed by atoms with Crippen LogP contribution < -0.4 is 10.1 Å². The van der Waals surface area contributed by atoms with Crippen LogP contribution in [0.15, 0.2) is 66.0 Å². The number of carbonyl (C=O) groups excluding carboxylic acids is 2. The Hall–Kier alpha value is -3.12. The second kappa shape index (κ2) is 10.9. The smallest absolute Gasteiger partial charge is 0.254 e. The molecule has 4 rings (SSSR count). The molecule has 0 spiro atoms. The second-order valence-corrected chi connectivity index (χ2v) is 9.97. The van der Waals surface area contributed by atoms with Crippen LogP contribution in [0.25, 0.3) is 0 Å². The number of nitrogens with zero attached hydrogens (tertiary/aromatic N) is 1. The molecule has 1 aromatic heterocycles. The molecule has 2 unspecified atom stereocenters. The normalized spacial score (nSPS) is 17.5. The first kappa shape index (κ1) is 24.0. The summed E-state index contributed by atoms with van der Waals surface area (Å²) in [6.07, 6.45) is 0.727. The predicted molar refractivity (Wildman–Crippen MR) is 136 cm³/mol. The quantitative estimate of drug-likeness (QED) is 0.447. The number of thiophene rings is 1. The van der Waals surface area contributed by atoms with E-state index in [4.69, 9.17) is 4.74 Å². The lowest BCUT2D eigenvalue weighted by molar-refractivity contribution is -0.124. The molecule has 2 heterocycles. The van der Waals surface area contributed by atoms with Gasteiger partial charge in [0, 0.05) is 23.5 Å². The fraction of sp³-hybridized carbons (Fsp3) is 0.357. The number of carbonyl (C=O) groups is 2. The van der Waals surface area contributed by atoms with Gasteiger partial charge in [-0.05, 0) is 60.0 Å². The zero-order chi connectivity index (χ0) is 24.1. The highest BCUT2D eigenvalue weighted by Crippen LogP contribution is 2.44. The number of fused-ring (bicyclic) bond motifs is 1. The molecule has 0 fully saturated rings. The van der Waals surface area contributed by atoms with E-state index in [2.05, 4.69) is 19.2 Å². The van der Waals surface area contributed by atoms with Crippen LogP contribution >= 0.6 is 11.3 Å². The summed E-state index contributed by atoms with van der Waals surface area (Å²) in [6, 6.07) is 19.2. The van der Waals surface area contributed by atoms with Gasteiger partial charge in [-0.15, -0.1) is 11.3 Å². The average molecular weight is 477 g/mol. The molecule has 0 saturated heterocycles. The summed E-state index contributed by atoms with van der Waals surface area (Å²) in [4.78, 5) is 30.1. The van der Waals surface area contributed by atoms with Gasteiger partial charge < -0.3 is 15.0 Å². The van der Waals surface area contributed by atoms with Gasteiger partial charge in [0.2, 0.25) is 5.91 Å². The Morgan fingerprint density at radius 3 is 2.53 bits per heavy atom. The fourth-order valence-electron chi connectivity index (χ4n) is 4.60. The average Bonchev–Trinajstić information content (AvgIpc) is 3.36. The third-order valence-corrected chi connectivity index (χ3v) is 7.01. The summed E-state index contributed by atoms with van der Waals surface area (Å²) in [5.41, 5.74) is 2.58. The van der Waals surface area contributed by atoms with Gasteiger partial charge in [-0.1, -0.05) is 50.2 Å². The standard InChI is InChI=1S/C28H32N2O3S/c1-4-33-21-13-11-20(12-14-21)15-16-29-27(31)25-22-8-5-6-9-23(22)28(32)30(18-19(2)3)26(25)24-10-7-17-34-24/h5-14,17,19,25-26H,4,15-16,18H2,1-3H3,(H,29,31). The van der Waals surface area contributed by atoms with Gasteiger partial charge in [0.05, 0.1) is 18.6 Å². The second-order valence-electron chi connectivity index (χ2n) is 8.99. The van der Waals surface area contributed by atoms with Crippen molar-refractivity contribution >= 4 is 23.2 Å². The van der Waals surface area contributed by atoms with Gasteiger partial charge >= 0.3 is 0 Å². The minimum atomic E-state index is -0.452. The molecule has 6 heteroatoms. The molecule has 0 bridgehead atoms. The zero-order valence-corrected chi connectivity index (χ0v) is 20.8. The van der Waals surface area contributed by atoms with Crippen LogP contribution in [0, 0.1) is 5.92 Å². The maximum Gasteiger partial charge on any atom is 0.254 e. The van der Waals surface area contributed by atoms with Gasteiger partial charge in [-0.2, -0.15) is 0 Å². The minimum absolute atomic E-state index is 0.00105. The monoisotopic (exact) mass is 476 g/mol. The van der Waals surface area contributed by atoms with Crippen LogP contribution in [0.4, 0.5) is 0 Å². The molecular formula is C28H32N2O3S. The highest BCUT2D eigenvalue weighted by atomic mass is 32.1. The Morgan fingerprint density at radius 1 is 1.09 bits per heavy atom. The molecule has 34 heavy (non-hydrogen) atoms. The Labute approximate surface area is 205 Å². The number of ether oxygens (including phenoxy) is 1. The molecule has 1 aliphatic rings. The summed E-state index contributed by atoms with van der Waals surface area (Å²) in [5.74, 6) is 0.647. The van der Waals surface area contributed by atoms with E-state index in [1.807, 2.05) is 77.9 Å². The van der Waals surface area contributed by atoms with Crippen molar-refractivity contribution in [2.24, 2.45) is 5.92 Å². The molecule has 2 aromatic carbocycles. The van der Waals surface area contributed by atoms with Crippen LogP contribution in [-0.4, -0.2) is 36.4 Å². The highest BCUT2D eigenvalue weighted by Gasteiger charge is 2.44. The Kier molecular flexibility index (Phi) is 7.68. The third-order valence-electron chi connectivity index (χ3n) is 6.06. The van der Waals surface area contributed by atoms with Crippen LogP contribution in [0.2, 0.25) is 0 Å². The first-order valence-electron chi connectivity index (χ1n) is 11.9. The molecule has 0 radical (unpaired) electrons. The van der Waals surface area contributed by atoms with Crippen molar-refractivity contribution in [1.29, 1.82) is 0 Å². The number of benzene rings is 2. The van der Waals surface area contributed by atoms with E-state index >= 15 is 0 Å². The van der Waals surface area contributed by atoms with Crippen molar-refractivity contribution in [3.8, 4) is 5.75 Å². The van der Waals surface area contributed by atoms with Gasteiger partial charge in [0.15, 0.2) is 0 Å². The largest absolute Gasteiger partial charge is 0.494 e. The molecule has 0 saturated carbocycles. The number of nitrogens with one attached hydrogen (secondary N) is 1. The first-order chi connectivity index (χ1) is 16.5. The van der Waals surface area contributed by atoms with Crippen molar-refractivity contribution in [1.82, 2.24) is 10.2 Å². The molecule has 1 N–H and O–H groups in total. The van der Waals surface area contributed by atoms with E-state index in [1.54, 1.807) is 11.3 Å². The summed E-state index contributed by atoms with van der Waals surface area (Å²) in [7, 11) is 0.